The summed E-state index contributed by atoms with van der Waals surface area (Å²) in [4.78, 5) is 0. The zero-order valence-corrected chi connectivity index (χ0v) is 10.1. The van der Waals surface area contributed by atoms with Crippen molar-refractivity contribution in [2.24, 2.45) is 5.73 Å². The van der Waals surface area contributed by atoms with Crippen LogP contribution in [0.2, 0.25) is 15.1 Å². The number of aliphatic hydroxyl groups excluding tert-OH is 1. The molecule has 1 aromatic carbocycles. The van der Waals surface area contributed by atoms with E-state index in [9.17, 15) is 0 Å². The van der Waals surface area contributed by atoms with E-state index in [2.05, 4.69) is 0 Å². The Morgan fingerprint density at radius 1 is 1.29 bits per heavy atom. The third kappa shape index (κ3) is 3.16. The number of benzene rings is 1. The Kier molecular flexibility index (Phi) is 6.14. The van der Waals surface area contributed by atoms with Crippen LogP contribution in [0.5, 0.6) is 0 Å². The molecule has 0 amide bonds. The van der Waals surface area contributed by atoms with Crippen LogP contribution in [0, 0.1) is 0 Å². The molecule has 14 heavy (non-hydrogen) atoms. The molecule has 0 aliphatic rings. The highest BCUT2D eigenvalue weighted by Crippen LogP contribution is 2.32. The monoisotopic (exact) mass is 275 g/mol. The van der Waals surface area contributed by atoms with Gasteiger partial charge in [-0.3, -0.25) is 0 Å². The number of aliphatic hydroxyl groups is 1. The summed E-state index contributed by atoms with van der Waals surface area (Å²) in [6, 6.07) is 2.57. The molecule has 0 bridgehead atoms. The lowest BCUT2D eigenvalue weighted by molar-refractivity contribution is 0.268. The fourth-order valence-electron chi connectivity index (χ4n) is 0.944. The number of nitrogens with two attached hydrogens (primary N) is 1. The third-order valence-corrected chi connectivity index (χ3v) is 2.65. The van der Waals surface area contributed by atoms with Crippen molar-refractivity contribution in [2.75, 3.05) is 6.61 Å². The van der Waals surface area contributed by atoms with Crippen LogP contribution in [-0.4, -0.2) is 11.7 Å². The minimum absolute atomic E-state index is 0. The molecule has 0 saturated carbocycles. The Morgan fingerprint density at radius 2 is 1.86 bits per heavy atom. The van der Waals surface area contributed by atoms with Crippen LogP contribution < -0.4 is 5.73 Å². The molecule has 0 spiro atoms. The van der Waals surface area contributed by atoms with Crippen LogP contribution in [0.3, 0.4) is 0 Å². The fourth-order valence-corrected chi connectivity index (χ4v) is 1.70. The molecule has 0 aromatic heterocycles. The van der Waals surface area contributed by atoms with Crippen LogP contribution >= 0.6 is 47.2 Å². The van der Waals surface area contributed by atoms with E-state index in [-0.39, 0.29) is 19.0 Å². The lowest BCUT2D eigenvalue weighted by Gasteiger charge is -2.11. The van der Waals surface area contributed by atoms with Gasteiger partial charge in [0.2, 0.25) is 0 Å². The normalized spacial score (nSPS) is 12.1. The Hall–Kier alpha value is 0.300. The maximum atomic E-state index is 8.82. The highest BCUT2D eigenvalue weighted by Gasteiger charge is 2.12. The van der Waals surface area contributed by atoms with Gasteiger partial charge in [-0.15, -0.1) is 12.4 Å². The smallest absolute Gasteiger partial charge is 0.0641 e. The van der Waals surface area contributed by atoms with Gasteiger partial charge in [0.15, 0.2) is 0 Å². The maximum Gasteiger partial charge on any atom is 0.0641 e. The van der Waals surface area contributed by atoms with Crippen molar-refractivity contribution < 1.29 is 5.11 Å². The molecule has 2 nitrogen and oxygen atoms in total. The second-order valence-corrected chi connectivity index (χ2v) is 3.80. The van der Waals surface area contributed by atoms with E-state index >= 15 is 0 Å². The summed E-state index contributed by atoms with van der Waals surface area (Å²) in [5, 5.41) is 9.96. The van der Waals surface area contributed by atoms with E-state index < -0.39 is 6.04 Å². The van der Waals surface area contributed by atoms with E-state index in [1.165, 1.54) is 6.07 Å². The predicted molar refractivity (Wildman–Crippen MR) is 62.7 cm³/mol. The number of halogens is 4. The number of hydrogen-bond donors (Lipinski definition) is 2. The molecule has 80 valence electrons. The summed E-state index contributed by atoms with van der Waals surface area (Å²) in [6.45, 7) is -0.198. The van der Waals surface area contributed by atoms with Gasteiger partial charge in [-0.05, 0) is 17.7 Å². The van der Waals surface area contributed by atoms with E-state index in [1.54, 1.807) is 6.07 Å². The molecule has 1 atom stereocenters. The zero-order chi connectivity index (χ0) is 10.0. The molecule has 6 heteroatoms. The molecule has 0 heterocycles. The predicted octanol–water partition coefficient (Wildman–Crippen LogP) is 3.06. The van der Waals surface area contributed by atoms with Crippen LogP contribution in [-0.2, 0) is 0 Å². The van der Waals surface area contributed by atoms with Gasteiger partial charge in [0.1, 0.15) is 0 Å². The first-order valence-electron chi connectivity index (χ1n) is 3.57. The van der Waals surface area contributed by atoms with E-state index in [0.717, 1.165) is 0 Å². The zero-order valence-electron chi connectivity index (χ0n) is 7.01. The van der Waals surface area contributed by atoms with Crippen molar-refractivity contribution in [3.8, 4) is 0 Å². The van der Waals surface area contributed by atoms with Crippen LogP contribution in [0.15, 0.2) is 12.1 Å². The second kappa shape index (κ2) is 6.01. The highest BCUT2D eigenvalue weighted by molar-refractivity contribution is 6.43. The van der Waals surface area contributed by atoms with Crippen molar-refractivity contribution in [3.05, 3.63) is 32.8 Å². The molecule has 3 N–H and O–H groups in total. The number of rotatable bonds is 2. The summed E-state index contributed by atoms with van der Waals surface area (Å²) in [6.07, 6.45) is 0. The van der Waals surface area contributed by atoms with Crippen LogP contribution in [0.25, 0.3) is 0 Å². The summed E-state index contributed by atoms with van der Waals surface area (Å²) >= 11 is 17.4. The van der Waals surface area contributed by atoms with Crippen molar-refractivity contribution in [1.82, 2.24) is 0 Å². The van der Waals surface area contributed by atoms with Crippen LogP contribution in [0.4, 0.5) is 0 Å². The third-order valence-electron chi connectivity index (χ3n) is 1.62. The molecule has 0 saturated heterocycles. The van der Waals surface area contributed by atoms with Gasteiger partial charge >= 0.3 is 0 Å². The average molecular weight is 277 g/mol. The first-order chi connectivity index (χ1) is 6.06. The summed E-state index contributed by atoms with van der Waals surface area (Å²) in [5.74, 6) is 0. The lowest BCUT2D eigenvalue weighted by atomic mass is 10.1. The largest absolute Gasteiger partial charge is 0.394 e. The lowest BCUT2D eigenvalue weighted by Crippen LogP contribution is -2.15. The van der Waals surface area contributed by atoms with Gasteiger partial charge in [-0.2, -0.15) is 0 Å². The van der Waals surface area contributed by atoms with E-state index in [0.29, 0.717) is 20.6 Å². The molecule has 0 aliphatic carbocycles. The fraction of sp³-hybridized carbons (Fsp3) is 0.250. The topological polar surface area (TPSA) is 46.2 Å². The van der Waals surface area contributed by atoms with Crippen molar-refractivity contribution in [1.29, 1.82) is 0 Å². The van der Waals surface area contributed by atoms with Crippen molar-refractivity contribution in [2.45, 2.75) is 6.04 Å². The number of hydrogen-bond acceptors (Lipinski definition) is 2. The standard InChI is InChI=1S/C8H8Cl3NO.ClH/c9-4-1-5(7(12)3-13)8(11)6(10)2-4;/h1-2,7,13H,3,12H2;1H/t7-;/m1./s1. The first-order valence-corrected chi connectivity index (χ1v) is 4.70. The Bertz CT molecular complexity index is 318. The molecular weight excluding hydrogens is 268 g/mol. The van der Waals surface area contributed by atoms with Gasteiger partial charge in [-0.1, -0.05) is 34.8 Å². The van der Waals surface area contributed by atoms with Gasteiger partial charge in [0.25, 0.3) is 0 Å². The molecular formula is C8H9Cl4NO. The Labute approximate surface area is 103 Å². The summed E-state index contributed by atoms with van der Waals surface area (Å²) < 4.78 is 0. The molecule has 0 fully saturated rings. The Morgan fingerprint density at radius 3 is 2.36 bits per heavy atom. The first kappa shape index (κ1) is 14.3. The minimum atomic E-state index is -0.552. The molecule has 1 rings (SSSR count). The van der Waals surface area contributed by atoms with Gasteiger partial charge < -0.3 is 10.8 Å². The average Bonchev–Trinajstić information content (AvgIpc) is 2.10. The molecule has 0 aliphatic heterocycles. The molecule has 0 radical (unpaired) electrons. The summed E-state index contributed by atoms with van der Waals surface area (Å²) in [7, 11) is 0. The molecule has 1 aromatic rings. The quantitative estimate of drug-likeness (QED) is 0.816. The van der Waals surface area contributed by atoms with E-state index in [4.69, 9.17) is 45.6 Å². The minimum Gasteiger partial charge on any atom is -0.394 e. The van der Waals surface area contributed by atoms with Gasteiger partial charge in [0, 0.05) is 5.02 Å². The van der Waals surface area contributed by atoms with Crippen LogP contribution in [0.1, 0.15) is 11.6 Å². The SMILES string of the molecule is Cl.N[C@H](CO)c1cc(Cl)cc(Cl)c1Cl. The van der Waals surface area contributed by atoms with Gasteiger partial charge in [-0.25, -0.2) is 0 Å². The Balaban J connectivity index is 0.00000169. The van der Waals surface area contributed by atoms with Gasteiger partial charge in [0.05, 0.1) is 22.7 Å². The highest BCUT2D eigenvalue weighted by atomic mass is 35.5. The second-order valence-electron chi connectivity index (χ2n) is 2.58. The maximum absolute atomic E-state index is 8.82. The molecule has 0 unspecified atom stereocenters. The summed E-state index contributed by atoms with van der Waals surface area (Å²) in [5.41, 5.74) is 6.14. The van der Waals surface area contributed by atoms with E-state index in [1.807, 2.05) is 0 Å². The van der Waals surface area contributed by atoms with Crippen molar-refractivity contribution >= 4 is 47.2 Å². The van der Waals surface area contributed by atoms with Crippen molar-refractivity contribution in [3.63, 3.8) is 0 Å².